The van der Waals surface area contributed by atoms with Gasteiger partial charge in [-0.15, -0.1) is 35.1 Å². The van der Waals surface area contributed by atoms with Crippen molar-refractivity contribution >= 4 is 104 Å². The Bertz CT molecular complexity index is 1900. The minimum atomic E-state index is -1.15. The van der Waals surface area contributed by atoms with Crippen molar-refractivity contribution in [2.75, 3.05) is 99.4 Å². The molecule has 6 unspecified atom stereocenters. The lowest BCUT2D eigenvalue weighted by Crippen LogP contribution is -2.42. The second-order valence-corrected chi connectivity index (χ2v) is 26.1. The van der Waals surface area contributed by atoms with Gasteiger partial charge < -0.3 is 33.2 Å². The van der Waals surface area contributed by atoms with Gasteiger partial charge in [-0.3, -0.25) is 38.5 Å². The normalized spacial score (nSPS) is 16.5. The number of likely N-dealkylation sites (N-methyl/N-ethyl adjacent to an activating group) is 2. The predicted octanol–water partition coefficient (Wildman–Crippen LogP) is 7.70. The van der Waals surface area contributed by atoms with E-state index in [2.05, 4.69) is 12.2 Å². The predicted molar refractivity (Wildman–Crippen MR) is 290 cm³/mol. The van der Waals surface area contributed by atoms with Crippen molar-refractivity contribution in [3.8, 4) is 0 Å². The van der Waals surface area contributed by atoms with Gasteiger partial charge in [0.1, 0.15) is 48.4 Å². The number of carbonyl (C=O) groups is 7. The molecule has 1 N–H and O–H groups in total. The van der Waals surface area contributed by atoms with Crippen molar-refractivity contribution in [2.45, 2.75) is 115 Å². The summed E-state index contributed by atoms with van der Waals surface area (Å²) in [5.74, 6) is -4.44. The Morgan fingerprint density at radius 3 is 2.08 bits per heavy atom. The quantitative estimate of drug-likeness (QED) is 0.0138. The first-order valence-corrected chi connectivity index (χ1v) is 28.5. The van der Waals surface area contributed by atoms with Crippen LogP contribution in [0.15, 0.2) is 30.3 Å². The number of rotatable bonds is 33. The Morgan fingerprint density at radius 1 is 0.831 bits per heavy atom. The highest BCUT2D eigenvalue weighted by Gasteiger charge is 2.40. The molecule has 1 saturated heterocycles. The van der Waals surface area contributed by atoms with E-state index in [0.717, 1.165) is 39.1 Å². The van der Waals surface area contributed by atoms with Gasteiger partial charge in [0.15, 0.2) is 0 Å². The highest BCUT2D eigenvalue weighted by atomic mass is 35.5. The number of amides is 3. The molecule has 71 heavy (non-hydrogen) atoms. The molecule has 1 aromatic carbocycles. The molecule has 0 saturated carbocycles. The summed E-state index contributed by atoms with van der Waals surface area (Å²) in [5.41, 5.74) is 0.0225. The summed E-state index contributed by atoms with van der Waals surface area (Å²) in [5, 5.41) is 1.09. The van der Waals surface area contributed by atoms with E-state index >= 15 is 0 Å². The van der Waals surface area contributed by atoms with Crippen molar-refractivity contribution in [1.82, 2.24) is 10.2 Å². The number of hydrogen-bond acceptors (Lipinski definition) is 15. The first-order chi connectivity index (χ1) is 33.2. The number of imide groups is 1. The average Bonchev–Trinajstić information content (AvgIpc) is 3.56. The molecule has 402 valence electrons. The van der Waals surface area contributed by atoms with E-state index in [1.54, 1.807) is 44.3 Å². The van der Waals surface area contributed by atoms with Crippen LogP contribution in [0.4, 0.5) is 0 Å². The van der Waals surface area contributed by atoms with E-state index in [1.807, 2.05) is 86.3 Å². The van der Waals surface area contributed by atoms with Crippen LogP contribution in [-0.2, 0) is 52.5 Å². The molecule has 0 radical (unpaired) electrons. The number of nitrogens with one attached hydrogen (secondary N) is 1. The molecule has 1 fully saturated rings. The number of benzene rings is 1. The summed E-state index contributed by atoms with van der Waals surface area (Å²) in [7, 11) is 9.91. The van der Waals surface area contributed by atoms with Crippen LogP contribution in [0, 0.1) is 23.2 Å². The summed E-state index contributed by atoms with van der Waals surface area (Å²) < 4.78 is 24.2. The minimum Gasteiger partial charge on any atom is -0.464 e. The lowest BCUT2D eigenvalue weighted by atomic mass is 9.80. The molecule has 1 aliphatic rings. The molecule has 15 nitrogen and oxygen atoms in total. The number of hydrogen-bond donors (Lipinski definition) is 1. The van der Waals surface area contributed by atoms with Crippen LogP contribution in [0.5, 0.6) is 0 Å². The van der Waals surface area contributed by atoms with Crippen molar-refractivity contribution < 1.29 is 61.5 Å². The summed E-state index contributed by atoms with van der Waals surface area (Å²) in [6, 6.07) is 9.86. The molecule has 20 heteroatoms. The molecule has 1 aliphatic heterocycles. The van der Waals surface area contributed by atoms with E-state index in [0.29, 0.717) is 28.5 Å². The standard InChI is InChI=1S/C51H82ClN4O11S4/c1-13-15-28-70-50(68)71-41(37-19-17-16-18-20-37)32-39(44(58)53-35(3)4)34-51(6,7)49(63)67-27-29-69-42-33-43(57)54(45(42)59)21-24-64-46(60)36(5)30-38(47(61)65-25-22-55(8,9)10)31-40(52)48(62)66-26-23-56(11,12)14-2/h16-20,35-36,38-42H,13-15,21-34H2,1-12H3/q+1/p+1. The molecular formula is C51H83ClN4O11S4+2. The van der Waals surface area contributed by atoms with Gasteiger partial charge in [-0.05, 0) is 78.0 Å². The highest BCUT2D eigenvalue weighted by molar-refractivity contribution is 8.47. The number of halogens is 1. The Kier molecular flexibility index (Phi) is 28.7. The number of thiocarbonyl (C=S) groups is 1. The van der Waals surface area contributed by atoms with E-state index in [-0.39, 0.29) is 81.6 Å². The number of alkyl halides is 1. The molecule has 0 aromatic heterocycles. The largest absolute Gasteiger partial charge is 0.464 e. The van der Waals surface area contributed by atoms with Crippen LogP contribution >= 0.6 is 59.1 Å². The number of thioether (sulfide) groups is 3. The smallest absolute Gasteiger partial charge is 0.324 e. The number of unbranched alkanes of at least 4 members (excludes halogenated alkanes) is 1. The SMILES string of the molecule is CCCCSC(=S)SC(CC(CC(C)(C)C(=O)OCCSC1CC(=O)N(CCOC(=O)C(C)CC(CC(Cl)C(=O)OCC[N+](C)(C)CC)C(=O)OCC[N+](C)(C)C)C1=O)C(=O)NC(C)C)c1ccccc1. The van der Waals surface area contributed by atoms with Crippen LogP contribution in [0.3, 0.4) is 0 Å². The van der Waals surface area contributed by atoms with Crippen molar-refractivity contribution in [2.24, 2.45) is 23.2 Å². The van der Waals surface area contributed by atoms with Crippen LogP contribution in [0.25, 0.3) is 0 Å². The molecule has 0 bridgehead atoms. The maximum absolute atomic E-state index is 13.7. The number of esters is 4. The maximum Gasteiger partial charge on any atom is 0.324 e. The fourth-order valence-electron chi connectivity index (χ4n) is 7.27. The van der Waals surface area contributed by atoms with Gasteiger partial charge in [-0.25, -0.2) is 0 Å². The Labute approximate surface area is 447 Å². The number of likely N-dealkylation sites (tertiary alicyclic amines) is 1. The van der Waals surface area contributed by atoms with Gasteiger partial charge in [0.05, 0.1) is 70.8 Å². The molecule has 6 atom stereocenters. The van der Waals surface area contributed by atoms with Crippen LogP contribution in [0.1, 0.15) is 104 Å². The number of nitrogens with zero attached hydrogens (tertiary/aromatic N) is 3. The molecule has 1 heterocycles. The fourth-order valence-corrected chi connectivity index (χ4v) is 11.5. The molecule has 3 amide bonds. The molecule has 2 rings (SSSR count). The first-order valence-electron chi connectivity index (χ1n) is 24.8. The number of ether oxygens (including phenoxy) is 4. The van der Waals surface area contributed by atoms with Crippen molar-refractivity contribution in [3.63, 3.8) is 0 Å². The van der Waals surface area contributed by atoms with Crippen molar-refractivity contribution in [1.29, 1.82) is 0 Å². The molecule has 0 aliphatic carbocycles. The monoisotopic (exact) mass is 1090 g/mol. The zero-order valence-electron chi connectivity index (χ0n) is 44.3. The van der Waals surface area contributed by atoms with Gasteiger partial charge in [-0.1, -0.05) is 74.6 Å². The van der Waals surface area contributed by atoms with E-state index in [9.17, 15) is 33.6 Å². The van der Waals surface area contributed by atoms with E-state index in [1.165, 1.54) is 11.8 Å². The van der Waals surface area contributed by atoms with Crippen molar-refractivity contribution in [3.05, 3.63) is 35.9 Å². The molecule has 1 aromatic rings. The molecule has 0 spiro atoms. The Morgan fingerprint density at radius 2 is 1.46 bits per heavy atom. The summed E-state index contributed by atoms with van der Waals surface area (Å²) in [6.45, 7) is 14.9. The number of quaternary nitrogens is 2. The van der Waals surface area contributed by atoms with Crippen LogP contribution in [0.2, 0.25) is 0 Å². The van der Waals surface area contributed by atoms with E-state index < -0.39 is 69.5 Å². The lowest BCUT2D eigenvalue weighted by molar-refractivity contribution is -0.888. The third-order valence-corrected chi connectivity index (χ3v) is 16.5. The van der Waals surface area contributed by atoms with Gasteiger partial charge in [0, 0.05) is 29.4 Å². The summed E-state index contributed by atoms with van der Waals surface area (Å²) in [4.78, 5) is 94.0. The first kappa shape index (κ1) is 64.2. The topological polar surface area (TPSA) is 172 Å². The van der Waals surface area contributed by atoms with Gasteiger partial charge in [0.2, 0.25) is 17.7 Å². The highest BCUT2D eigenvalue weighted by Crippen LogP contribution is 2.42. The van der Waals surface area contributed by atoms with Crippen LogP contribution < -0.4 is 5.32 Å². The molecular weight excluding hydrogens is 1010 g/mol. The fraction of sp³-hybridized carbons (Fsp3) is 0.725. The number of carbonyl (C=O) groups excluding carboxylic acids is 7. The van der Waals surface area contributed by atoms with Crippen LogP contribution in [-0.4, -0.2) is 175 Å². The van der Waals surface area contributed by atoms with Gasteiger partial charge >= 0.3 is 23.9 Å². The minimum absolute atomic E-state index is 0.0122. The maximum atomic E-state index is 13.7. The van der Waals surface area contributed by atoms with Gasteiger partial charge in [0.25, 0.3) is 0 Å². The summed E-state index contributed by atoms with van der Waals surface area (Å²) in [6.07, 6.45) is 2.64. The van der Waals surface area contributed by atoms with Gasteiger partial charge in [-0.2, -0.15) is 0 Å². The zero-order valence-corrected chi connectivity index (χ0v) is 48.3. The third-order valence-electron chi connectivity index (χ3n) is 12.1. The third kappa shape index (κ3) is 24.8. The zero-order chi connectivity index (χ0) is 53.5. The second-order valence-electron chi connectivity index (χ2n) is 20.8. The lowest BCUT2D eigenvalue weighted by Gasteiger charge is -2.30. The Balaban J connectivity index is 1.97. The Hall–Kier alpha value is -2.94. The average molecular weight is 1090 g/mol. The second kappa shape index (κ2) is 31.7. The van der Waals surface area contributed by atoms with E-state index in [4.69, 9.17) is 42.8 Å². The summed E-state index contributed by atoms with van der Waals surface area (Å²) >= 11 is 16.7.